The highest BCUT2D eigenvalue weighted by Crippen LogP contribution is 2.19. The molecule has 0 aliphatic rings. The minimum atomic E-state index is -0.995. The van der Waals surface area contributed by atoms with Gasteiger partial charge in [0.25, 0.3) is 0 Å². The number of halogens is 1. The fourth-order valence-corrected chi connectivity index (χ4v) is 1.01. The van der Waals surface area contributed by atoms with Gasteiger partial charge in [-0.05, 0) is 13.0 Å². The van der Waals surface area contributed by atoms with Crippen LogP contribution in [0.15, 0.2) is 24.3 Å². The second-order valence-corrected chi connectivity index (χ2v) is 3.06. The smallest absolute Gasteiger partial charge is 0.128 e. The van der Waals surface area contributed by atoms with Crippen LogP contribution in [0.2, 0.25) is 0 Å². The highest BCUT2D eigenvalue weighted by atomic mass is 19.1. The van der Waals surface area contributed by atoms with E-state index in [1.165, 1.54) is 6.07 Å². The van der Waals surface area contributed by atoms with Crippen molar-refractivity contribution in [2.45, 2.75) is 12.5 Å². The van der Waals surface area contributed by atoms with Crippen molar-refractivity contribution in [3.63, 3.8) is 0 Å². The van der Waals surface area contributed by atoms with Gasteiger partial charge in [-0.3, -0.25) is 0 Å². The number of rotatable bonds is 2. The first-order valence-corrected chi connectivity index (χ1v) is 3.72. The van der Waals surface area contributed by atoms with Crippen molar-refractivity contribution in [1.82, 2.24) is 0 Å². The lowest BCUT2D eigenvalue weighted by atomic mass is 9.94. The molecule has 1 aromatic rings. The topological polar surface area (TPSA) is 46.2 Å². The molecule has 0 radical (unpaired) electrons. The molecule has 0 heterocycles. The van der Waals surface area contributed by atoms with E-state index in [1.807, 2.05) is 0 Å². The summed E-state index contributed by atoms with van der Waals surface area (Å²) in [6, 6.07) is 6.19. The summed E-state index contributed by atoms with van der Waals surface area (Å²) in [4.78, 5) is 0. The normalized spacial score (nSPS) is 15.7. The van der Waals surface area contributed by atoms with Gasteiger partial charge in [-0.25, -0.2) is 4.39 Å². The van der Waals surface area contributed by atoms with Crippen LogP contribution >= 0.6 is 0 Å². The van der Waals surface area contributed by atoms with E-state index in [0.717, 1.165) is 0 Å². The molecule has 0 bridgehead atoms. The van der Waals surface area contributed by atoms with Gasteiger partial charge in [0, 0.05) is 5.56 Å². The van der Waals surface area contributed by atoms with Crippen molar-refractivity contribution >= 4 is 0 Å². The zero-order valence-corrected chi connectivity index (χ0v) is 6.92. The van der Waals surface area contributed by atoms with Crippen molar-refractivity contribution in [2.75, 3.05) is 6.61 Å². The Balaban J connectivity index is 3.10. The molecule has 0 aliphatic heterocycles. The Kier molecular flexibility index (Phi) is 2.45. The van der Waals surface area contributed by atoms with Crippen LogP contribution in [0.3, 0.4) is 0 Å². The standard InChI is InChI=1S/C9H12FNO/c1-9(11,6-12)7-4-2-3-5-8(7)10/h2-5,12H,6,11H2,1H3/t9-/m0/s1. The second kappa shape index (κ2) is 3.21. The van der Waals surface area contributed by atoms with Crippen LogP contribution < -0.4 is 5.73 Å². The van der Waals surface area contributed by atoms with Crippen LogP contribution in [0.25, 0.3) is 0 Å². The number of benzene rings is 1. The largest absolute Gasteiger partial charge is 0.394 e. The lowest BCUT2D eigenvalue weighted by Gasteiger charge is -2.22. The molecule has 1 rings (SSSR count). The van der Waals surface area contributed by atoms with Crippen molar-refractivity contribution in [3.05, 3.63) is 35.6 Å². The molecule has 1 aromatic carbocycles. The first-order chi connectivity index (χ1) is 5.58. The lowest BCUT2D eigenvalue weighted by molar-refractivity contribution is 0.206. The maximum Gasteiger partial charge on any atom is 0.128 e. The van der Waals surface area contributed by atoms with Gasteiger partial charge in [0.2, 0.25) is 0 Å². The molecular weight excluding hydrogens is 157 g/mol. The van der Waals surface area contributed by atoms with Gasteiger partial charge in [-0.1, -0.05) is 18.2 Å². The van der Waals surface area contributed by atoms with Gasteiger partial charge < -0.3 is 10.8 Å². The minimum Gasteiger partial charge on any atom is -0.394 e. The number of aliphatic hydroxyl groups excluding tert-OH is 1. The summed E-state index contributed by atoms with van der Waals surface area (Å²) in [6.45, 7) is 1.32. The van der Waals surface area contributed by atoms with Crippen LogP contribution in [-0.2, 0) is 5.54 Å². The molecule has 0 aromatic heterocycles. The molecule has 0 aliphatic carbocycles. The maximum absolute atomic E-state index is 13.1. The molecule has 3 N–H and O–H groups in total. The lowest BCUT2D eigenvalue weighted by Crippen LogP contribution is -2.37. The van der Waals surface area contributed by atoms with E-state index < -0.39 is 5.54 Å². The average molecular weight is 169 g/mol. The Labute approximate surface area is 70.8 Å². The van der Waals surface area contributed by atoms with Crippen molar-refractivity contribution in [3.8, 4) is 0 Å². The van der Waals surface area contributed by atoms with E-state index >= 15 is 0 Å². The molecule has 0 spiro atoms. The van der Waals surface area contributed by atoms with Gasteiger partial charge >= 0.3 is 0 Å². The monoisotopic (exact) mass is 169 g/mol. The number of aliphatic hydroxyl groups is 1. The molecule has 3 heteroatoms. The van der Waals surface area contributed by atoms with E-state index in [0.29, 0.717) is 5.56 Å². The van der Waals surface area contributed by atoms with E-state index in [1.54, 1.807) is 25.1 Å². The summed E-state index contributed by atoms with van der Waals surface area (Å²) in [7, 11) is 0. The number of hydrogen-bond donors (Lipinski definition) is 2. The summed E-state index contributed by atoms with van der Waals surface area (Å²) in [6.07, 6.45) is 0. The Morgan fingerprint density at radius 2 is 2.08 bits per heavy atom. The molecule has 0 saturated carbocycles. The number of nitrogens with two attached hydrogens (primary N) is 1. The number of hydrogen-bond acceptors (Lipinski definition) is 2. The van der Waals surface area contributed by atoms with Gasteiger partial charge in [0.15, 0.2) is 0 Å². The van der Waals surface area contributed by atoms with E-state index in [-0.39, 0.29) is 12.4 Å². The average Bonchev–Trinajstić information content (AvgIpc) is 2.05. The summed E-state index contributed by atoms with van der Waals surface area (Å²) < 4.78 is 13.1. The van der Waals surface area contributed by atoms with Crippen molar-refractivity contribution < 1.29 is 9.50 Å². The fraction of sp³-hybridized carbons (Fsp3) is 0.333. The Morgan fingerprint density at radius 1 is 1.50 bits per heavy atom. The molecule has 0 amide bonds. The predicted octanol–water partition coefficient (Wildman–Crippen LogP) is 0.992. The zero-order valence-electron chi connectivity index (χ0n) is 6.92. The van der Waals surface area contributed by atoms with Crippen LogP contribution in [-0.4, -0.2) is 11.7 Å². The minimum absolute atomic E-state index is 0.270. The van der Waals surface area contributed by atoms with Gasteiger partial charge in [0.05, 0.1) is 12.1 Å². The second-order valence-electron chi connectivity index (χ2n) is 3.06. The Hall–Kier alpha value is -0.930. The first kappa shape index (κ1) is 9.16. The van der Waals surface area contributed by atoms with E-state index in [9.17, 15) is 4.39 Å². The van der Waals surface area contributed by atoms with E-state index in [2.05, 4.69) is 0 Å². The van der Waals surface area contributed by atoms with Gasteiger partial charge in [0.1, 0.15) is 5.82 Å². The van der Waals surface area contributed by atoms with Gasteiger partial charge in [-0.15, -0.1) is 0 Å². The highest BCUT2D eigenvalue weighted by molar-refractivity contribution is 5.24. The third-order valence-electron chi connectivity index (χ3n) is 1.82. The maximum atomic E-state index is 13.1. The summed E-state index contributed by atoms with van der Waals surface area (Å²) in [5.74, 6) is -0.378. The molecule has 1 atom stereocenters. The molecule has 0 unspecified atom stereocenters. The third-order valence-corrected chi connectivity index (χ3v) is 1.82. The third kappa shape index (κ3) is 1.62. The molecule has 0 saturated heterocycles. The zero-order chi connectivity index (χ0) is 9.19. The van der Waals surface area contributed by atoms with Crippen LogP contribution in [0.1, 0.15) is 12.5 Å². The first-order valence-electron chi connectivity index (χ1n) is 3.72. The molecule has 2 nitrogen and oxygen atoms in total. The summed E-state index contributed by atoms with van der Waals surface area (Å²) in [5.41, 5.74) is 4.99. The SMILES string of the molecule is C[C@](N)(CO)c1ccccc1F. The fourth-order valence-electron chi connectivity index (χ4n) is 1.01. The van der Waals surface area contributed by atoms with Crippen LogP contribution in [0.4, 0.5) is 4.39 Å². The van der Waals surface area contributed by atoms with E-state index in [4.69, 9.17) is 10.8 Å². The highest BCUT2D eigenvalue weighted by Gasteiger charge is 2.22. The Bertz CT molecular complexity index is 273. The van der Waals surface area contributed by atoms with Gasteiger partial charge in [-0.2, -0.15) is 0 Å². The van der Waals surface area contributed by atoms with Crippen molar-refractivity contribution in [1.29, 1.82) is 0 Å². The molecule has 12 heavy (non-hydrogen) atoms. The molecule has 66 valence electrons. The Morgan fingerprint density at radius 3 is 2.58 bits per heavy atom. The van der Waals surface area contributed by atoms with Crippen LogP contribution in [0, 0.1) is 5.82 Å². The summed E-state index contributed by atoms with van der Waals surface area (Å²) in [5, 5.41) is 8.88. The quantitative estimate of drug-likeness (QED) is 0.693. The van der Waals surface area contributed by atoms with Crippen molar-refractivity contribution in [2.24, 2.45) is 5.73 Å². The molecule has 0 fully saturated rings. The predicted molar refractivity (Wildman–Crippen MR) is 45.0 cm³/mol. The van der Waals surface area contributed by atoms with Crippen LogP contribution in [0.5, 0.6) is 0 Å². The summed E-state index contributed by atoms with van der Waals surface area (Å²) >= 11 is 0. The molecular formula is C9H12FNO.